The molecule has 0 aromatic rings. The van der Waals surface area contributed by atoms with Gasteiger partial charge in [-0.3, -0.25) is 15.5 Å². The Morgan fingerprint density at radius 1 is 1.42 bits per heavy atom. The minimum Gasteiger partial charge on any atom is -0.269 e. The topological polar surface area (TPSA) is 0 Å². The number of hydrogen-bond acceptors (Lipinski definition) is 0. The molecule has 1 aliphatic rings. The van der Waals surface area contributed by atoms with Crippen LogP contribution < -0.4 is 0 Å². The quantitative estimate of drug-likeness (QED) is 0.663. The van der Waals surface area contributed by atoms with Crippen LogP contribution in [0.1, 0.15) is 26.7 Å². The van der Waals surface area contributed by atoms with Crippen molar-refractivity contribution < 1.29 is 35.6 Å². The Kier molecular flexibility index (Phi) is 14.0. The van der Waals surface area contributed by atoms with Gasteiger partial charge in [0.1, 0.15) is 0 Å². The third-order valence-electron chi connectivity index (χ3n) is 1.39. The number of rotatable bonds is 2. The first kappa shape index (κ1) is 18.1. The molecule has 1 rings (SSSR count). The van der Waals surface area contributed by atoms with Crippen LogP contribution in [0.15, 0.2) is 17.7 Å². The van der Waals surface area contributed by atoms with Crippen molar-refractivity contribution in [1.29, 1.82) is 0 Å². The molecule has 0 amide bonds. The third-order valence-corrected chi connectivity index (χ3v) is 1.39. The summed E-state index contributed by atoms with van der Waals surface area (Å²) in [6.07, 6.45) is 9.86. The van der Waals surface area contributed by atoms with E-state index in [2.05, 4.69) is 32.1 Å². The molecule has 1 aliphatic carbocycles. The molecular formula is C9H15F2Zr-. The van der Waals surface area contributed by atoms with E-state index in [1.807, 2.05) is 0 Å². The van der Waals surface area contributed by atoms with E-state index in [0.29, 0.717) is 0 Å². The first-order valence-corrected chi connectivity index (χ1v) is 3.55. The molecule has 0 unspecified atom stereocenters. The summed E-state index contributed by atoms with van der Waals surface area (Å²) in [5, 5.41) is 0. The Morgan fingerprint density at radius 2 is 2.00 bits per heavy atom. The van der Waals surface area contributed by atoms with Crippen LogP contribution in [0.3, 0.4) is 0 Å². The molecule has 0 N–H and O–H groups in total. The number of allylic oxidation sites excluding steroid dienone is 4. The zero-order valence-corrected chi connectivity index (χ0v) is 9.92. The van der Waals surface area contributed by atoms with Crippen molar-refractivity contribution in [3.05, 3.63) is 23.8 Å². The molecule has 0 heterocycles. The Morgan fingerprint density at radius 3 is 2.33 bits per heavy atom. The van der Waals surface area contributed by atoms with Crippen molar-refractivity contribution >= 4 is 0 Å². The Hall–Kier alpha value is 0.223. The largest absolute Gasteiger partial charge is 0.269 e. The maximum absolute atomic E-state index is 3.29. The molecule has 0 aromatic heterocycles. The minimum atomic E-state index is 0. The molecule has 0 radical (unpaired) electrons. The predicted octanol–water partition coefficient (Wildman–Crippen LogP) is 3.02. The van der Waals surface area contributed by atoms with Gasteiger partial charge in [-0.15, -0.1) is 6.42 Å². The summed E-state index contributed by atoms with van der Waals surface area (Å²) in [5.74, 6) is 0.773. The first-order valence-electron chi connectivity index (χ1n) is 3.55. The van der Waals surface area contributed by atoms with Gasteiger partial charge in [-0.2, -0.15) is 6.08 Å². The molecule has 3 heteroatoms. The predicted molar refractivity (Wildman–Crippen MR) is 45.0 cm³/mol. The Bertz CT molecular complexity index is 151. The SMILES string of the molecule is CC(C)CC1=[C-]CC=C1.F.F.[Zr]. The van der Waals surface area contributed by atoms with Gasteiger partial charge in [-0.25, -0.2) is 11.6 Å². The van der Waals surface area contributed by atoms with E-state index < -0.39 is 0 Å². The van der Waals surface area contributed by atoms with Crippen LogP contribution in [0.5, 0.6) is 0 Å². The molecule has 0 aromatic carbocycles. The molecule has 0 nitrogen and oxygen atoms in total. The van der Waals surface area contributed by atoms with Crippen molar-refractivity contribution in [3.8, 4) is 0 Å². The van der Waals surface area contributed by atoms with Gasteiger partial charge >= 0.3 is 0 Å². The Balaban J connectivity index is -0.000000270. The monoisotopic (exact) mass is 251 g/mol. The van der Waals surface area contributed by atoms with E-state index in [-0.39, 0.29) is 35.6 Å². The van der Waals surface area contributed by atoms with E-state index in [4.69, 9.17) is 0 Å². The van der Waals surface area contributed by atoms with Crippen molar-refractivity contribution in [3.63, 3.8) is 0 Å². The second-order valence-corrected chi connectivity index (χ2v) is 2.91. The second-order valence-electron chi connectivity index (χ2n) is 2.91. The molecule has 0 fully saturated rings. The summed E-state index contributed by atoms with van der Waals surface area (Å²) in [6, 6.07) is 0. The normalized spacial score (nSPS) is 12.8. The van der Waals surface area contributed by atoms with E-state index in [1.54, 1.807) is 0 Å². The maximum atomic E-state index is 3.29. The zero-order chi connectivity index (χ0) is 6.69. The van der Waals surface area contributed by atoms with Crippen molar-refractivity contribution in [2.24, 2.45) is 5.92 Å². The fourth-order valence-electron chi connectivity index (χ4n) is 1.03. The van der Waals surface area contributed by atoms with Crippen LogP contribution in [0.2, 0.25) is 0 Å². The van der Waals surface area contributed by atoms with Gasteiger partial charge in [-0.1, -0.05) is 20.3 Å². The summed E-state index contributed by atoms with van der Waals surface area (Å²) in [7, 11) is 0. The van der Waals surface area contributed by atoms with E-state index in [9.17, 15) is 0 Å². The summed E-state index contributed by atoms with van der Waals surface area (Å²) < 4.78 is 0. The zero-order valence-electron chi connectivity index (χ0n) is 7.46. The van der Waals surface area contributed by atoms with Gasteiger partial charge in [0.2, 0.25) is 0 Å². The van der Waals surface area contributed by atoms with Crippen molar-refractivity contribution in [1.82, 2.24) is 0 Å². The van der Waals surface area contributed by atoms with Crippen LogP contribution >= 0.6 is 0 Å². The van der Waals surface area contributed by atoms with Gasteiger partial charge in [-0.05, 0) is 5.92 Å². The van der Waals surface area contributed by atoms with E-state index >= 15 is 0 Å². The van der Waals surface area contributed by atoms with E-state index in [1.165, 1.54) is 12.0 Å². The fraction of sp³-hybridized carbons (Fsp3) is 0.556. The van der Waals surface area contributed by atoms with Crippen LogP contribution in [0.4, 0.5) is 9.41 Å². The van der Waals surface area contributed by atoms with Gasteiger partial charge in [0.25, 0.3) is 0 Å². The van der Waals surface area contributed by atoms with Gasteiger partial charge in [0, 0.05) is 26.2 Å². The van der Waals surface area contributed by atoms with Crippen LogP contribution in [-0.2, 0) is 26.2 Å². The maximum Gasteiger partial charge on any atom is 0 e. The van der Waals surface area contributed by atoms with Crippen LogP contribution in [-0.4, -0.2) is 0 Å². The third kappa shape index (κ3) is 6.90. The minimum absolute atomic E-state index is 0. The second kappa shape index (κ2) is 9.31. The molecule has 0 spiro atoms. The fourth-order valence-corrected chi connectivity index (χ4v) is 1.03. The average Bonchev–Trinajstić information content (AvgIpc) is 2.15. The number of halogens is 2. The summed E-state index contributed by atoms with van der Waals surface area (Å²) >= 11 is 0. The molecule has 0 saturated carbocycles. The van der Waals surface area contributed by atoms with Crippen molar-refractivity contribution in [2.45, 2.75) is 26.7 Å². The molecule has 70 valence electrons. The molecule has 12 heavy (non-hydrogen) atoms. The van der Waals surface area contributed by atoms with Crippen LogP contribution in [0.25, 0.3) is 0 Å². The molecule has 0 saturated heterocycles. The van der Waals surface area contributed by atoms with E-state index in [0.717, 1.165) is 12.3 Å². The van der Waals surface area contributed by atoms with Gasteiger partial charge < -0.3 is 0 Å². The van der Waals surface area contributed by atoms with Gasteiger partial charge in [0.05, 0.1) is 0 Å². The first-order chi connectivity index (χ1) is 4.29. The van der Waals surface area contributed by atoms with Crippen LogP contribution in [0, 0.1) is 12.0 Å². The molecule has 0 atom stereocenters. The standard InChI is InChI=1S/C9H13.2FH.Zr/c1-8(2)7-9-5-3-4-6-9;;;/h3,5,8H,4,7H2,1-2H3;2*1H;/q-1;;;. The summed E-state index contributed by atoms with van der Waals surface area (Å²) in [4.78, 5) is 0. The molecular weight excluding hydrogens is 237 g/mol. The van der Waals surface area contributed by atoms with Crippen molar-refractivity contribution in [2.75, 3.05) is 0 Å². The summed E-state index contributed by atoms with van der Waals surface area (Å²) in [6.45, 7) is 4.47. The summed E-state index contributed by atoms with van der Waals surface area (Å²) in [5.41, 5.74) is 1.39. The Labute approximate surface area is 92.0 Å². The van der Waals surface area contributed by atoms with Gasteiger partial charge in [0.15, 0.2) is 0 Å². The average molecular weight is 252 g/mol. The smallest absolute Gasteiger partial charge is 0 e. The molecule has 0 aliphatic heterocycles. The number of hydrogen-bond donors (Lipinski definition) is 0. The molecule has 0 bridgehead atoms.